The van der Waals surface area contributed by atoms with E-state index in [1.54, 1.807) is 0 Å². The molecule has 1 N–H and O–H groups in total. The third-order valence-electron chi connectivity index (χ3n) is 4.39. The number of nitrogens with zero attached hydrogens (tertiary/aromatic N) is 2. The fourth-order valence-electron chi connectivity index (χ4n) is 3.19. The average molecular weight is 275 g/mol. The number of aromatic nitrogens is 2. The molecule has 0 aliphatic heterocycles. The maximum absolute atomic E-state index is 4.82. The Balaban J connectivity index is 2.03. The van der Waals surface area contributed by atoms with E-state index >= 15 is 0 Å². The summed E-state index contributed by atoms with van der Waals surface area (Å²) in [4.78, 5) is 9.64. The lowest BCUT2D eigenvalue weighted by atomic mass is 9.88. The monoisotopic (exact) mass is 275 g/mol. The molecule has 3 heteroatoms. The van der Waals surface area contributed by atoms with Crippen molar-refractivity contribution in [3.05, 3.63) is 22.8 Å². The predicted octanol–water partition coefficient (Wildman–Crippen LogP) is 3.68. The average Bonchev–Trinajstić information content (AvgIpc) is 2.46. The van der Waals surface area contributed by atoms with Crippen LogP contribution in [0.15, 0.2) is 0 Å². The summed E-state index contributed by atoms with van der Waals surface area (Å²) in [5.41, 5.74) is 3.72. The number of rotatable bonds is 6. The minimum Gasteiger partial charge on any atom is -0.316 e. The molecular weight excluding hydrogens is 246 g/mol. The van der Waals surface area contributed by atoms with E-state index in [2.05, 4.69) is 26.1 Å². The molecule has 1 aromatic rings. The van der Waals surface area contributed by atoms with Crippen molar-refractivity contribution < 1.29 is 0 Å². The molecule has 3 nitrogen and oxygen atoms in total. The summed E-state index contributed by atoms with van der Waals surface area (Å²) < 4.78 is 0. The molecule has 1 fully saturated rings. The largest absolute Gasteiger partial charge is 0.316 e. The first-order valence-electron chi connectivity index (χ1n) is 8.27. The third-order valence-corrected chi connectivity index (χ3v) is 4.39. The van der Waals surface area contributed by atoms with Gasteiger partial charge in [0, 0.05) is 17.3 Å². The van der Waals surface area contributed by atoms with E-state index < -0.39 is 0 Å². The summed E-state index contributed by atoms with van der Waals surface area (Å²) in [5, 5.41) is 3.46. The van der Waals surface area contributed by atoms with Crippen molar-refractivity contribution in [2.75, 3.05) is 13.1 Å². The van der Waals surface area contributed by atoms with Crippen LogP contribution >= 0.6 is 0 Å². The molecular formula is C17H29N3. The van der Waals surface area contributed by atoms with Crippen molar-refractivity contribution in [1.82, 2.24) is 15.3 Å². The van der Waals surface area contributed by atoms with Gasteiger partial charge in [-0.05, 0) is 58.2 Å². The lowest BCUT2D eigenvalue weighted by molar-refractivity contribution is 0.427. The van der Waals surface area contributed by atoms with Crippen LogP contribution in [-0.4, -0.2) is 23.1 Å². The lowest BCUT2D eigenvalue weighted by Crippen LogP contribution is -2.20. The summed E-state index contributed by atoms with van der Waals surface area (Å²) >= 11 is 0. The van der Waals surface area contributed by atoms with E-state index in [0.717, 1.165) is 25.3 Å². The van der Waals surface area contributed by atoms with E-state index in [9.17, 15) is 0 Å². The first kappa shape index (κ1) is 15.4. The first-order chi connectivity index (χ1) is 9.72. The molecule has 0 spiro atoms. The van der Waals surface area contributed by atoms with Gasteiger partial charge in [0.1, 0.15) is 5.82 Å². The van der Waals surface area contributed by atoms with Crippen LogP contribution in [0.4, 0.5) is 0 Å². The van der Waals surface area contributed by atoms with Gasteiger partial charge >= 0.3 is 0 Å². The summed E-state index contributed by atoms with van der Waals surface area (Å²) in [6.45, 7) is 8.62. The molecule has 1 aromatic heterocycles. The van der Waals surface area contributed by atoms with Gasteiger partial charge in [-0.25, -0.2) is 9.97 Å². The van der Waals surface area contributed by atoms with Crippen LogP contribution < -0.4 is 5.32 Å². The predicted molar refractivity (Wildman–Crippen MR) is 84.2 cm³/mol. The van der Waals surface area contributed by atoms with Crippen molar-refractivity contribution in [3.63, 3.8) is 0 Å². The highest BCUT2D eigenvalue weighted by Crippen LogP contribution is 2.31. The fraction of sp³-hybridized carbons (Fsp3) is 0.765. The molecule has 0 saturated heterocycles. The van der Waals surface area contributed by atoms with Crippen molar-refractivity contribution in [2.24, 2.45) is 0 Å². The number of hydrogen-bond acceptors (Lipinski definition) is 3. The van der Waals surface area contributed by atoms with E-state index in [-0.39, 0.29) is 0 Å². The van der Waals surface area contributed by atoms with Crippen molar-refractivity contribution >= 4 is 0 Å². The van der Waals surface area contributed by atoms with Gasteiger partial charge in [-0.2, -0.15) is 0 Å². The van der Waals surface area contributed by atoms with E-state index in [1.165, 1.54) is 55.5 Å². The zero-order valence-corrected chi connectivity index (χ0v) is 13.3. The molecule has 1 aliphatic rings. The van der Waals surface area contributed by atoms with Crippen LogP contribution in [0.1, 0.15) is 74.1 Å². The minimum absolute atomic E-state index is 0.605. The smallest absolute Gasteiger partial charge is 0.131 e. The molecule has 112 valence electrons. The fourth-order valence-corrected chi connectivity index (χ4v) is 3.19. The Bertz CT molecular complexity index is 399. The molecule has 1 aliphatic carbocycles. The maximum atomic E-state index is 4.82. The van der Waals surface area contributed by atoms with Gasteiger partial charge < -0.3 is 5.32 Å². The SMILES string of the molecule is CCCNCCc1c(C)nc(C2CCCCC2)nc1C. The quantitative estimate of drug-likeness (QED) is 0.805. The Morgan fingerprint density at radius 1 is 1.00 bits per heavy atom. The lowest BCUT2D eigenvalue weighted by Gasteiger charge is -2.21. The van der Waals surface area contributed by atoms with Gasteiger partial charge in [-0.1, -0.05) is 26.2 Å². The van der Waals surface area contributed by atoms with Crippen LogP contribution in [0.5, 0.6) is 0 Å². The van der Waals surface area contributed by atoms with Gasteiger partial charge in [0.25, 0.3) is 0 Å². The van der Waals surface area contributed by atoms with E-state index in [0.29, 0.717) is 5.92 Å². The second kappa shape index (κ2) is 7.72. The second-order valence-electron chi connectivity index (χ2n) is 6.07. The van der Waals surface area contributed by atoms with Gasteiger partial charge in [0.05, 0.1) is 0 Å². The molecule has 0 bridgehead atoms. The Hall–Kier alpha value is -0.960. The van der Waals surface area contributed by atoms with Crippen molar-refractivity contribution in [3.8, 4) is 0 Å². The molecule has 0 aromatic carbocycles. The minimum atomic E-state index is 0.605. The van der Waals surface area contributed by atoms with Gasteiger partial charge in [0.15, 0.2) is 0 Å². The van der Waals surface area contributed by atoms with Crippen LogP contribution in [-0.2, 0) is 6.42 Å². The Morgan fingerprint density at radius 2 is 1.65 bits per heavy atom. The highest BCUT2D eigenvalue weighted by atomic mass is 14.9. The van der Waals surface area contributed by atoms with Crippen LogP contribution in [0.2, 0.25) is 0 Å². The number of aryl methyl sites for hydroxylation is 2. The van der Waals surface area contributed by atoms with Crippen molar-refractivity contribution in [1.29, 1.82) is 0 Å². The van der Waals surface area contributed by atoms with Crippen LogP contribution in [0, 0.1) is 13.8 Å². The van der Waals surface area contributed by atoms with Crippen molar-refractivity contribution in [2.45, 2.75) is 71.6 Å². The van der Waals surface area contributed by atoms with Gasteiger partial charge in [-0.3, -0.25) is 0 Å². The van der Waals surface area contributed by atoms with Crippen LogP contribution in [0.25, 0.3) is 0 Å². The summed E-state index contributed by atoms with van der Waals surface area (Å²) in [6, 6.07) is 0. The van der Waals surface area contributed by atoms with Gasteiger partial charge in [-0.15, -0.1) is 0 Å². The Kier molecular flexibility index (Phi) is 5.96. The normalized spacial score (nSPS) is 16.6. The summed E-state index contributed by atoms with van der Waals surface area (Å²) in [5.74, 6) is 1.71. The first-order valence-corrected chi connectivity index (χ1v) is 8.27. The molecule has 0 atom stereocenters. The molecule has 0 unspecified atom stereocenters. The van der Waals surface area contributed by atoms with E-state index in [4.69, 9.17) is 9.97 Å². The summed E-state index contributed by atoms with van der Waals surface area (Å²) in [6.07, 6.45) is 8.85. The zero-order chi connectivity index (χ0) is 14.4. The summed E-state index contributed by atoms with van der Waals surface area (Å²) in [7, 11) is 0. The molecule has 1 saturated carbocycles. The molecule has 1 heterocycles. The zero-order valence-electron chi connectivity index (χ0n) is 13.3. The Morgan fingerprint density at radius 3 is 2.25 bits per heavy atom. The topological polar surface area (TPSA) is 37.8 Å². The maximum Gasteiger partial charge on any atom is 0.131 e. The third kappa shape index (κ3) is 4.02. The second-order valence-corrected chi connectivity index (χ2v) is 6.07. The van der Waals surface area contributed by atoms with Gasteiger partial charge in [0.2, 0.25) is 0 Å². The molecule has 0 radical (unpaired) electrons. The number of nitrogens with one attached hydrogen (secondary N) is 1. The number of hydrogen-bond donors (Lipinski definition) is 1. The molecule has 20 heavy (non-hydrogen) atoms. The van der Waals surface area contributed by atoms with E-state index in [1.807, 2.05) is 0 Å². The highest BCUT2D eigenvalue weighted by Gasteiger charge is 2.19. The standard InChI is InChI=1S/C17H29N3/c1-4-11-18-12-10-16-13(2)19-17(20-14(16)3)15-8-6-5-7-9-15/h15,18H,4-12H2,1-3H3. The van der Waals surface area contributed by atoms with Crippen LogP contribution in [0.3, 0.4) is 0 Å². The highest BCUT2D eigenvalue weighted by molar-refractivity contribution is 5.25. The Labute approximate surface area is 123 Å². The molecule has 2 rings (SSSR count). The molecule has 0 amide bonds.